The van der Waals surface area contributed by atoms with E-state index in [4.69, 9.17) is 5.73 Å². The molecule has 1 aromatic heterocycles. The molecule has 9 heteroatoms. The van der Waals surface area contributed by atoms with Crippen molar-refractivity contribution < 1.29 is 9.59 Å². The zero-order valence-electron chi connectivity index (χ0n) is 18.0. The van der Waals surface area contributed by atoms with E-state index in [-0.39, 0.29) is 11.8 Å². The third-order valence-corrected chi connectivity index (χ3v) is 5.67. The van der Waals surface area contributed by atoms with Gasteiger partial charge in [-0.2, -0.15) is 4.98 Å². The van der Waals surface area contributed by atoms with Gasteiger partial charge in [-0.05, 0) is 49.9 Å². The van der Waals surface area contributed by atoms with E-state index in [1.807, 2.05) is 38.4 Å². The lowest BCUT2D eigenvalue weighted by atomic mass is 9.96. The number of primary amides is 1. The highest BCUT2D eigenvalue weighted by Crippen LogP contribution is 2.28. The topological polar surface area (TPSA) is 116 Å². The molecule has 0 spiro atoms. The van der Waals surface area contributed by atoms with Crippen molar-refractivity contribution in [2.75, 3.05) is 42.7 Å². The van der Waals surface area contributed by atoms with Crippen molar-refractivity contribution in [2.24, 2.45) is 11.7 Å². The molecule has 164 valence electrons. The van der Waals surface area contributed by atoms with Crippen LogP contribution in [0.5, 0.6) is 0 Å². The second-order valence-electron chi connectivity index (χ2n) is 8.43. The van der Waals surface area contributed by atoms with Gasteiger partial charge in [0, 0.05) is 50.8 Å². The van der Waals surface area contributed by atoms with Gasteiger partial charge in [-0.15, -0.1) is 0 Å². The van der Waals surface area contributed by atoms with Crippen LogP contribution in [0.3, 0.4) is 0 Å². The minimum atomic E-state index is -0.549. The van der Waals surface area contributed by atoms with Gasteiger partial charge in [-0.1, -0.05) is 0 Å². The maximum absolute atomic E-state index is 12.3. The molecule has 0 radical (unpaired) electrons. The number of aromatic nitrogens is 2. The van der Waals surface area contributed by atoms with Gasteiger partial charge in [-0.3, -0.25) is 9.59 Å². The fourth-order valence-corrected chi connectivity index (χ4v) is 3.82. The van der Waals surface area contributed by atoms with Gasteiger partial charge < -0.3 is 26.2 Å². The summed E-state index contributed by atoms with van der Waals surface area (Å²) < 4.78 is 0. The van der Waals surface area contributed by atoms with Crippen LogP contribution in [0.25, 0.3) is 0 Å². The van der Waals surface area contributed by atoms with Crippen molar-refractivity contribution >= 4 is 35.0 Å². The Morgan fingerprint density at radius 1 is 1.16 bits per heavy atom. The molecule has 1 aliphatic carbocycles. The van der Waals surface area contributed by atoms with Crippen molar-refractivity contribution in [3.8, 4) is 0 Å². The van der Waals surface area contributed by atoms with E-state index in [2.05, 4.69) is 25.5 Å². The first kappa shape index (κ1) is 20.9. The number of rotatable bonds is 7. The molecule has 1 atom stereocenters. The first-order valence-electron chi connectivity index (χ1n) is 10.7. The van der Waals surface area contributed by atoms with Crippen molar-refractivity contribution in [1.82, 2.24) is 14.9 Å². The van der Waals surface area contributed by atoms with Crippen LogP contribution in [0.1, 0.15) is 36.0 Å². The van der Waals surface area contributed by atoms with E-state index in [9.17, 15) is 9.59 Å². The molecule has 31 heavy (non-hydrogen) atoms. The Hall–Kier alpha value is -3.36. The van der Waals surface area contributed by atoms with Crippen molar-refractivity contribution in [1.29, 1.82) is 0 Å². The average molecular weight is 424 g/mol. The van der Waals surface area contributed by atoms with Gasteiger partial charge in [0.05, 0.1) is 11.5 Å². The summed E-state index contributed by atoms with van der Waals surface area (Å²) in [5, 5.41) is 6.42. The molecule has 2 aromatic rings. The highest BCUT2D eigenvalue weighted by atomic mass is 16.2. The molecule has 2 amide bonds. The smallest absolute Gasteiger partial charge is 0.254 e. The van der Waals surface area contributed by atoms with Crippen molar-refractivity contribution in [2.45, 2.75) is 31.7 Å². The number of anilines is 4. The minimum absolute atomic E-state index is 0.0381. The van der Waals surface area contributed by atoms with Crippen LogP contribution in [0.15, 0.2) is 30.5 Å². The van der Waals surface area contributed by atoms with Gasteiger partial charge in [0.1, 0.15) is 5.82 Å². The standard InChI is InChI=1S/C22H29N7O2/c1-28(2)21(31)14-4-3-11-29(13-14)17-9-7-16(8-10-17)26-22-24-12-18(19(23)30)20(27-22)25-15-5-6-15/h7-10,12,14-15H,3-6,11,13H2,1-2H3,(H2,23,30)(H2,24,25,26,27). The Morgan fingerprint density at radius 2 is 1.90 bits per heavy atom. The van der Waals surface area contributed by atoms with Crippen LogP contribution < -0.4 is 21.3 Å². The maximum Gasteiger partial charge on any atom is 0.254 e. The number of carbonyl (C=O) groups is 2. The van der Waals surface area contributed by atoms with Gasteiger partial charge in [0.2, 0.25) is 11.9 Å². The highest BCUT2D eigenvalue weighted by Gasteiger charge is 2.27. The first-order valence-corrected chi connectivity index (χ1v) is 10.7. The number of amides is 2. The van der Waals surface area contributed by atoms with Crippen molar-refractivity contribution in [3.63, 3.8) is 0 Å². The number of nitrogens with zero attached hydrogens (tertiary/aromatic N) is 4. The van der Waals surface area contributed by atoms with E-state index >= 15 is 0 Å². The number of nitrogens with two attached hydrogens (primary N) is 1. The maximum atomic E-state index is 12.3. The second-order valence-corrected chi connectivity index (χ2v) is 8.43. The van der Waals surface area contributed by atoms with Gasteiger partial charge >= 0.3 is 0 Å². The first-order chi connectivity index (χ1) is 14.9. The summed E-state index contributed by atoms with van der Waals surface area (Å²) >= 11 is 0. The molecule has 1 unspecified atom stereocenters. The Balaban J connectivity index is 1.44. The van der Waals surface area contributed by atoms with Gasteiger partial charge in [-0.25, -0.2) is 4.98 Å². The third kappa shape index (κ3) is 5.04. The summed E-state index contributed by atoms with van der Waals surface area (Å²) in [5.41, 5.74) is 7.65. The van der Waals surface area contributed by atoms with E-state index in [0.717, 1.165) is 50.1 Å². The van der Waals surface area contributed by atoms with Crippen LogP contribution in [0.2, 0.25) is 0 Å². The zero-order chi connectivity index (χ0) is 22.0. The summed E-state index contributed by atoms with van der Waals surface area (Å²) in [7, 11) is 3.62. The lowest BCUT2D eigenvalue weighted by Crippen LogP contribution is -2.42. The molecule has 9 nitrogen and oxygen atoms in total. The molecular formula is C22H29N7O2. The van der Waals surface area contributed by atoms with Crippen molar-refractivity contribution in [3.05, 3.63) is 36.0 Å². The molecule has 1 saturated carbocycles. The average Bonchev–Trinajstić information content (AvgIpc) is 3.58. The quantitative estimate of drug-likeness (QED) is 0.625. The number of hydrogen-bond acceptors (Lipinski definition) is 7. The SMILES string of the molecule is CN(C)C(=O)C1CCCN(c2ccc(Nc3ncc(C(N)=O)c(NC4CC4)n3)cc2)C1. The van der Waals surface area contributed by atoms with E-state index in [0.29, 0.717) is 23.4 Å². The molecule has 1 aromatic carbocycles. The summed E-state index contributed by atoms with van der Waals surface area (Å²) in [6.45, 7) is 1.68. The van der Waals surface area contributed by atoms with Crippen LogP contribution in [0, 0.1) is 5.92 Å². The highest BCUT2D eigenvalue weighted by molar-refractivity contribution is 5.97. The molecule has 1 saturated heterocycles. The predicted octanol–water partition coefficient (Wildman–Crippen LogP) is 2.20. The second kappa shape index (κ2) is 8.79. The van der Waals surface area contributed by atoms with Gasteiger partial charge in [0.15, 0.2) is 0 Å². The molecule has 2 fully saturated rings. The van der Waals surface area contributed by atoms with Crippen LogP contribution >= 0.6 is 0 Å². The summed E-state index contributed by atoms with van der Waals surface area (Å²) in [6, 6.07) is 8.34. The Kier molecular flexibility index (Phi) is 5.92. The van der Waals surface area contributed by atoms with E-state index in [1.165, 1.54) is 6.20 Å². The lowest BCUT2D eigenvalue weighted by Gasteiger charge is -2.34. The van der Waals surface area contributed by atoms with E-state index < -0.39 is 5.91 Å². The summed E-state index contributed by atoms with van der Waals surface area (Å²) in [5.74, 6) is 0.544. The molecule has 4 rings (SSSR count). The summed E-state index contributed by atoms with van der Waals surface area (Å²) in [6.07, 6.45) is 5.50. The molecule has 4 N–H and O–H groups in total. The number of nitrogens with one attached hydrogen (secondary N) is 2. The van der Waals surface area contributed by atoms with Crippen LogP contribution in [-0.2, 0) is 4.79 Å². The lowest BCUT2D eigenvalue weighted by molar-refractivity contribution is -0.133. The van der Waals surface area contributed by atoms with E-state index in [1.54, 1.807) is 4.90 Å². The van der Waals surface area contributed by atoms with Crippen LogP contribution in [0.4, 0.5) is 23.1 Å². The molecule has 2 aliphatic rings. The van der Waals surface area contributed by atoms with Crippen LogP contribution in [-0.4, -0.2) is 59.9 Å². The fraction of sp³-hybridized carbons (Fsp3) is 0.455. The zero-order valence-corrected chi connectivity index (χ0v) is 18.0. The Morgan fingerprint density at radius 3 is 2.55 bits per heavy atom. The Bertz CT molecular complexity index is 957. The predicted molar refractivity (Wildman–Crippen MR) is 121 cm³/mol. The molecule has 1 aliphatic heterocycles. The third-order valence-electron chi connectivity index (χ3n) is 5.67. The number of hydrogen-bond donors (Lipinski definition) is 3. The normalized spacial score (nSPS) is 18.4. The molecule has 0 bridgehead atoms. The monoisotopic (exact) mass is 423 g/mol. The number of piperidine rings is 1. The number of benzene rings is 1. The minimum Gasteiger partial charge on any atom is -0.371 e. The fourth-order valence-electron chi connectivity index (χ4n) is 3.82. The molecule has 2 heterocycles. The molecular weight excluding hydrogens is 394 g/mol. The number of carbonyl (C=O) groups excluding carboxylic acids is 2. The van der Waals surface area contributed by atoms with Gasteiger partial charge in [0.25, 0.3) is 5.91 Å². The Labute approximate surface area is 182 Å². The largest absolute Gasteiger partial charge is 0.371 e. The summed E-state index contributed by atoms with van der Waals surface area (Å²) in [4.78, 5) is 36.6.